The summed E-state index contributed by atoms with van der Waals surface area (Å²) in [6.07, 6.45) is 2.04. The number of hydrogen-bond acceptors (Lipinski definition) is 4. The highest BCUT2D eigenvalue weighted by Crippen LogP contribution is 2.18. The number of amides is 1. The molecule has 0 aliphatic rings. The highest BCUT2D eigenvalue weighted by atomic mass is 32.1. The normalized spacial score (nSPS) is 11.0. The predicted octanol–water partition coefficient (Wildman–Crippen LogP) is 4.18. The van der Waals surface area contributed by atoms with Crippen molar-refractivity contribution in [1.82, 2.24) is 14.5 Å². The minimum atomic E-state index is -0.452. The lowest BCUT2D eigenvalue weighted by molar-refractivity contribution is -0.132. The molecule has 158 valence electrons. The van der Waals surface area contributed by atoms with Crippen molar-refractivity contribution in [2.24, 2.45) is 0 Å². The lowest BCUT2D eigenvalue weighted by Crippen LogP contribution is -2.37. The van der Waals surface area contributed by atoms with Crippen LogP contribution in [0.5, 0.6) is 0 Å². The zero-order valence-corrected chi connectivity index (χ0v) is 17.9. The molecule has 0 radical (unpaired) electrons. The van der Waals surface area contributed by atoms with Crippen LogP contribution in [0.4, 0.5) is 4.39 Å². The largest absolute Gasteiger partial charge is 0.336 e. The fraction of sp³-hybridized carbons (Fsp3) is 0.208. The van der Waals surface area contributed by atoms with Gasteiger partial charge in [0.1, 0.15) is 12.4 Å². The molecule has 0 aliphatic heterocycles. The van der Waals surface area contributed by atoms with Gasteiger partial charge in [0.15, 0.2) is 0 Å². The molecule has 0 saturated heterocycles. The molecule has 4 aromatic rings. The first-order chi connectivity index (χ1) is 15.0. The molecule has 0 aliphatic carbocycles. The molecule has 4 rings (SSSR count). The van der Waals surface area contributed by atoms with E-state index in [9.17, 15) is 14.0 Å². The molecule has 2 aromatic heterocycles. The van der Waals surface area contributed by atoms with Gasteiger partial charge in [-0.05, 0) is 43.2 Å². The van der Waals surface area contributed by atoms with Gasteiger partial charge in [-0.15, -0.1) is 11.3 Å². The molecule has 1 amide bonds. The van der Waals surface area contributed by atoms with Crippen LogP contribution < -0.4 is 5.56 Å². The van der Waals surface area contributed by atoms with Gasteiger partial charge in [0.05, 0.1) is 23.8 Å². The molecule has 0 N–H and O–H groups in total. The van der Waals surface area contributed by atoms with Crippen LogP contribution in [0.2, 0.25) is 0 Å². The molecular weight excluding hydrogens is 413 g/mol. The van der Waals surface area contributed by atoms with Crippen molar-refractivity contribution in [1.29, 1.82) is 0 Å². The summed E-state index contributed by atoms with van der Waals surface area (Å²) in [5, 5.41) is 0.293. The van der Waals surface area contributed by atoms with Crippen molar-refractivity contribution in [3.8, 4) is 0 Å². The third-order valence-electron chi connectivity index (χ3n) is 5.10. The van der Waals surface area contributed by atoms with Crippen LogP contribution in [-0.4, -0.2) is 26.9 Å². The lowest BCUT2D eigenvalue weighted by Gasteiger charge is -2.23. The Hall–Kier alpha value is -3.32. The molecule has 0 unspecified atom stereocenters. The second-order valence-electron chi connectivity index (χ2n) is 7.40. The number of rotatable bonds is 7. The third kappa shape index (κ3) is 5.06. The summed E-state index contributed by atoms with van der Waals surface area (Å²) in [7, 11) is 0. The van der Waals surface area contributed by atoms with E-state index in [4.69, 9.17) is 0 Å². The van der Waals surface area contributed by atoms with Crippen LogP contribution in [0.1, 0.15) is 15.3 Å². The molecule has 0 spiro atoms. The van der Waals surface area contributed by atoms with E-state index in [0.717, 1.165) is 16.9 Å². The summed E-state index contributed by atoms with van der Waals surface area (Å²) in [6, 6.07) is 17.9. The Kier molecular flexibility index (Phi) is 6.23. The molecule has 2 heterocycles. The Morgan fingerprint density at radius 3 is 2.68 bits per heavy atom. The number of thiophene rings is 1. The highest BCUT2D eigenvalue weighted by molar-refractivity contribution is 7.11. The van der Waals surface area contributed by atoms with Crippen LogP contribution in [0.15, 0.2) is 71.8 Å². The van der Waals surface area contributed by atoms with Crippen molar-refractivity contribution < 1.29 is 9.18 Å². The number of benzene rings is 2. The fourth-order valence-corrected chi connectivity index (χ4v) is 4.35. The first-order valence-corrected chi connectivity index (χ1v) is 10.8. The maximum atomic E-state index is 13.4. The molecule has 0 bridgehead atoms. The second kappa shape index (κ2) is 9.22. The Balaban J connectivity index is 1.56. The molecule has 0 atom stereocenters. The number of fused-ring (bicyclic) bond motifs is 1. The van der Waals surface area contributed by atoms with Gasteiger partial charge in [0.25, 0.3) is 5.56 Å². The molecule has 31 heavy (non-hydrogen) atoms. The van der Waals surface area contributed by atoms with E-state index in [1.54, 1.807) is 16.2 Å². The van der Waals surface area contributed by atoms with Crippen molar-refractivity contribution in [3.05, 3.63) is 98.5 Å². The van der Waals surface area contributed by atoms with Gasteiger partial charge >= 0.3 is 0 Å². The number of carbonyl (C=O) groups is 1. The molecule has 0 saturated carbocycles. The number of nitrogens with zero attached hydrogens (tertiary/aromatic N) is 3. The predicted molar refractivity (Wildman–Crippen MR) is 121 cm³/mol. The Morgan fingerprint density at radius 2 is 1.94 bits per heavy atom. The summed E-state index contributed by atoms with van der Waals surface area (Å²) in [5.74, 6) is -0.612. The summed E-state index contributed by atoms with van der Waals surface area (Å²) in [4.78, 5) is 34.2. The smallest absolute Gasteiger partial charge is 0.261 e. The number of aromatic nitrogens is 2. The molecule has 5 nitrogen and oxygen atoms in total. The maximum absolute atomic E-state index is 13.4. The number of aryl methyl sites for hydroxylation is 1. The van der Waals surface area contributed by atoms with Gasteiger partial charge in [0.2, 0.25) is 5.91 Å². The van der Waals surface area contributed by atoms with Crippen molar-refractivity contribution >= 4 is 28.1 Å². The first-order valence-electron chi connectivity index (χ1n) is 10.0. The monoisotopic (exact) mass is 435 g/mol. The van der Waals surface area contributed by atoms with Gasteiger partial charge in [-0.3, -0.25) is 14.2 Å². The van der Waals surface area contributed by atoms with E-state index in [2.05, 4.69) is 4.98 Å². The Labute approximate surface area is 183 Å². The second-order valence-corrected chi connectivity index (χ2v) is 8.77. The van der Waals surface area contributed by atoms with E-state index in [-0.39, 0.29) is 23.5 Å². The molecule has 7 heteroatoms. The summed E-state index contributed by atoms with van der Waals surface area (Å²) < 4.78 is 14.7. The maximum Gasteiger partial charge on any atom is 0.261 e. The van der Waals surface area contributed by atoms with Crippen LogP contribution in [0, 0.1) is 12.7 Å². The van der Waals surface area contributed by atoms with Crippen molar-refractivity contribution in [3.63, 3.8) is 0 Å². The molecule has 0 fully saturated rings. The minimum absolute atomic E-state index is 0.113. The van der Waals surface area contributed by atoms with E-state index in [1.807, 2.05) is 49.4 Å². The van der Waals surface area contributed by atoms with Gasteiger partial charge in [-0.2, -0.15) is 0 Å². The summed E-state index contributed by atoms with van der Waals surface area (Å²) in [6.45, 7) is 2.96. The lowest BCUT2D eigenvalue weighted by atomic mass is 10.1. The zero-order valence-electron chi connectivity index (χ0n) is 17.1. The Bertz CT molecular complexity index is 1270. The van der Waals surface area contributed by atoms with Crippen LogP contribution in [0.3, 0.4) is 0 Å². The average molecular weight is 436 g/mol. The zero-order chi connectivity index (χ0) is 21.8. The van der Waals surface area contributed by atoms with Crippen LogP contribution >= 0.6 is 11.3 Å². The van der Waals surface area contributed by atoms with Crippen molar-refractivity contribution in [2.45, 2.75) is 26.4 Å². The Morgan fingerprint density at radius 1 is 1.13 bits per heavy atom. The number of carbonyl (C=O) groups excluding carboxylic acids is 1. The fourth-order valence-electron chi connectivity index (χ4n) is 3.45. The standard InChI is InChI=1S/C24H22FN3O2S/c1-17-7-9-20(31-17)14-27(12-11-18-5-3-2-4-6-18)23(29)15-28-16-26-22-13-19(25)8-10-21(22)24(28)30/h2-10,13,16H,11-12,14-15H2,1H3. The van der Waals surface area contributed by atoms with Gasteiger partial charge in [-0.25, -0.2) is 9.37 Å². The quantitative estimate of drug-likeness (QED) is 0.438. The van der Waals surface area contributed by atoms with Crippen molar-refractivity contribution in [2.75, 3.05) is 6.54 Å². The van der Waals surface area contributed by atoms with E-state index >= 15 is 0 Å². The molecule has 2 aromatic carbocycles. The van der Waals surface area contributed by atoms with Crippen LogP contribution in [-0.2, 0) is 24.3 Å². The van der Waals surface area contributed by atoms with Gasteiger partial charge in [0, 0.05) is 22.4 Å². The first kappa shape index (κ1) is 20.9. The third-order valence-corrected chi connectivity index (χ3v) is 6.09. The molecular formula is C24H22FN3O2S. The average Bonchev–Trinajstić information content (AvgIpc) is 3.18. The summed E-state index contributed by atoms with van der Waals surface area (Å²) in [5.41, 5.74) is 1.08. The van der Waals surface area contributed by atoms with Gasteiger partial charge in [-0.1, -0.05) is 30.3 Å². The highest BCUT2D eigenvalue weighted by Gasteiger charge is 2.17. The summed E-state index contributed by atoms with van der Waals surface area (Å²) >= 11 is 1.66. The van der Waals surface area contributed by atoms with Gasteiger partial charge < -0.3 is 4.90 Å². The minimum Gasteiger partial charge on any atom is -0.336 e. The SMILES string of the molecule is Cc1ccc(CN(CCc2ccccc2)C(=O)Cn2cnc3cc(F)ccc3c2=O)s1. The number of halogens is 1. The van der Waals surface area contributed by atoms with E-state index in [1.165, 1.54) is 34.0 Å². The number of hydrogen-bond donors (Lipinski definition) is 0. The van der Waals surface area contributed by atoms with Crippen LogP contribution in [0.25, 0.3) is 10.9 Å². The van der Waals surface area contributed by atoms with E-state index < -0.39 is 5.82 Å². The topological polar surface area (TPSA) is 55.2 Å². The van der Waals surface area contributed by atoms with E-state index in [0.29, 0.717) is 18.5 Å².